The zero-order valence-electron chi connectivity index (χ0n) is 14.2. The first-order chi connectivity index (χ1) is 11.6. The molecule has 1 aromatic carbocycles. The van der Waals surface area contributed by atoms with E-state index in [0.29, 0.717) is 18.5 Å². The zero-order chi connectivity index (χ0) is 17.0. The van der Waals surface area contributed by atoms with Crippen LogP contribution in [0.4, 0.5) is 4.39 Å². The van der Waals surface area contributed by atoms with Crippen molar-refractivity contribution in [3.05, 3.63) is 35.6 Å². The minimum atomic E-state index is -0.242. The van der Waals surface area contributed by atoms with Crippen molar-refractivity contribution in [1.82, 2.24) is 5.32 Å². The van der Waals surface area contributed by atoms with Crippen LogP contribution in [0, 0.1) is 11.2 Å². The number of nitrogens with one attached hydrogen (secondary N) is 1. The first-order valence-electron chi connectivity index (χ1n) is 9.06. The summed E-state index contributed by atoms with van der Waals surface area (Å²) in [5.74, 6) is 0.487. The fourth-order valence-electron chi connectivity index (χ4n) is 3.83. The monoisotopic (exact) mass is 333 g/mol. The normalized spacial score (nSPS) is 28.4. The maximum atomic E-state index is 13.1. The summed E-state index contributed by atoms with van der Waals surface area (Å²) in [4.78, 5) is 4.50. The standard InChI is InChI=1S/C19H28FN3O/c20-15-9-7-14(8-10-15)17-11-19(17,13-24)12-22-18(21)23-16-5-3-1-2-4-6-16/h7-10,16-17,24H,1-6,11-13H2,(H3,21,22,23). The fraction of sp³-hybridized carbons (Fsp3) is 0.632. The van der Waals surface area contributed by atoms with Gasteiger partial charge in [0.25, 0.3) is 0 Å². The number of hydrogen-bond donors (Lipinski definition) is 3. The molecule has 4 N–H and O–H groups in total. The maximum Gasteiger partial charge on any atom is 0.188 e. The Bertz CT molecular complexity index is 566. The first kappa shape index (κ1) is 17.2. The number of halogens is 1. The van der Waals surface area contributed by atoms with E-state index in [2.05, 4.69) is 10.3 Å². The maximum absolute atomic E-state index is 13.1. The number of aliphatic imine (C=N–C) groups is 1. The van der Waals surface area contributed by atoms with Crippen molar-refractivity contribution >= 4 is 5.96 Å². The van der Waals surface area contributed by atoms with Crippen LogP contribution < -0.4 is 11.1 Å². The Morgan fingerprint density at radius 1 is 1.21 bits per heavy atom. The van der Waals surface area contributed by atoms with E-state index in [-0.39, 0.29) is 23.8 Å². The lowest BCUT2D eigenvalue weighted by atomic mass is 10.00. The highest BCUT2D eigenvalue weighted by Gasteiger charge is 2.54. The van der Waals surface area contributed by atoms with Crippen LogP contribution >= 0.6 is 0 Å². The van der Waals surface area contributed by atoms with Gasteiger partial charge in [0, 0.05) is 11.5 Å². The van der Waals surface area contributed by atoms with Crippen molar-refractivity contribution in [3.8, 4) is 0 Å². The molecule has 0 aliphatic heterocycles. The minimum absolute atomic E-state index is 0.0786. The predicted octanol–water partition coefficient (Wildman–Crippen LogP) is 2.92. The second-order valence-electron chi connectivity index (χ2n) is 7.36. The molecule has 2 unspecified atom stereocenters. The van der Waals surface area contributed by atoms with Crippen LogP contribution in [0.5, 0.6) is 0 Å². The van der Waals surface area contributed by atoms with E-state index in [4.69, 9.17) is 5.73 Å². The Kier molecular flexibility index (Phi) is 5.39. The third kappa shape index (κ3) is 4.07. The number of nitrogens with zero attached hydrogens (tertiary/aromatic N) is 1. The van der Waals surface area contributed by atoms with Gasteiger partial charge in [-0.2, -0.15) is 0 Å². The molecule has 2 atom stereocenters. The van der Waals surface area contributed by atoms with Crippen LogP contribution in [0.3, 0.4) is 0 Å². The second kappa shape index (κ2) is 7.51. The summed E-state index contributed by atoms with van der Waals surface area (Å²) in [5.41, 5.74) is 6.88. The molecule has 0 bridgehead atoms. The molecule has 5 heteroatoms. The summed E-state index contributed by atoms with van der Waals surface area (Å²) >= 11 is 0. The van der Waals surface area contributed by atoms with Crippen molar-refractivity contribution in [3.63, 3.8) is 0 Å². The molecule has 4 nitrogen and oxygen atoms in total. The summed E-state index contributed by atoms with van der Waals surface area (Å²) in [6, 6.07) is 6.97. The van der Waals surface area contributed by atoms with Gasteiger partial charge >= 0.3 is 0 Å². The predicted molar refractivity (Wildman–Crippen MR) is 94.4 cm³/mol. The van der Waals surface area contributed by atoms with Gasteiger partial charge in [-0.3, -0.25) is 4.99 Å². The summed E-state index contributed by atoms with van der Waals surface area (Å²) in [5, 5.41) is 13.2. The number of aliphatic hydroxyl groups excluding tert-OH is 1. The van der Waals surface area contributed by atoms with Gasteiger partial charge in [0.05, 0.1) is 13.2 Å². The van der Waals surface area contributed by atoms with E-state index in [1.807, 2.05) is 0 Å². The Balaban J connectivity index is 1.56. The highest BCUT2D eigenvalue weighted by Crippen LogP contribution is 2.59. The number of nitrogens with two attached hydrogens (primary N) is 1. The SMILES string of the molecule is NC(=NCC1(CO)CC1c1ccc(F)cc1)NC1CCCCCC1. The molecule has 0 saturated heterocycles. The molecule has 2 saturated carbocycles. The van der Waals surface area contributed by atoms with Gasteiger partial charge in [0.2, 0.25) is 0 Å². The highest BCUT2D eigenvalue weighted by atomic mass is 19.1. The third-order valence-electron chi connectivity index (χ3n) is 5.55. The van der Waals surface area contributed by atoms with Gasteiger partial charge in [0.1, 0.15) is 5.82 Å². The number of aliphatic hydroxyl groups is 1. The molecule has 0 amide bonds. The van der Waals surface area contributed by atoms with Gasteiger partial charge in [-0.1, -0.05) is 37.8 Å². The largest absolute Gasteiger partial charge is 0.396 e. The second-order valence-corrected chi connectivity index (χ2v) is 7.36. The molecule has 0 heterocycles. The van der Waals surface area contributed by atoms with Crippen molar-refractivity contribution < 1.29 is 9.50 Å². The molecule has 2 aliphatic rings. The van der Waals surface area contributed by atoms with Crippen LogP contribution in [-0.2, 0) is 0 Å². The Labute approximate surface area is 143 Å². The lowest BCUT2D eigenvalue weighted by Crippen LogP contribution is -2.40. The van der Waals surface area contributed by atoms with Crippen molar-refractivity contribution in [2.45, 2.75) is 56.9 Å². The summed E-state index contributed by atoms with van der Waals surface area (Å²) in [7, 11) is 0. The average molecular weight is 333 g/mol. The Hall–Kier alpha value is -1.62. The van der Waals surface area contributed by atoms with Gasteiger partial charge in [0.15, 0.2) is 5.96 Å². The topological polar surface area (TPSA) is 70.6 Å². The van der Waals surface area contributed by atoms with E-state index in [1.165, 1.54) is 37.8 Å². The van der Waals surface area contributed by atoms with Crippen LogP contribution in [0.15, 0.2) is 29.3 Å². The highest BCUT2D eigenvalue weighted by molar-refractivity contribution is 5.78. The third-order valence-corrected chi connectivity index (χ3v) is 5.55. The van der Waals surface area contributed by atoms with Crippen LogP contribution in [-0.4, -0.2) is 30.3 Å². The van der Waals surface area contributed by atoms with Crippen LogP contribution in [0.1, 0.15) is 56.4 Å². The van der Waals surface area contributed by atoms with Gasteiger partial charge in [-0.25, -0.2) is 4.39 Å². The summed E-state index contributed by atoms with van der Waals surface area (Å²) < 4.78 is 13.1. The van der Waals surface area contributed by atoms with E-state index in [0.717, 1.165) is 24.8 Å². The molecular formula is C19H28FN3O. The number of guanidine groups is 1. The molecular weight excluding hydrogens is 305 g/mol. The molecule has 1 aromatic rings. The van der Waals surface area contributed by atoms with Gasteiger partial charge < -0.3 is 16.2 Å². The Morgan fingerprint density at radius 2 is 1.88 bits per heavy atom. The Morgan fingerprint density at radius 3 is 2.50 bits per heavy atom. The fourth-order valence-corrected chi connectivity index (χ4v) is 3.83. The summed E-state index contributed by atoms with van der Waals surface area (Å²) in [6.07, 6.45) is 8.29. The molecule has 2 fully saturated rings. The van der Waals surface area contributed by atoms with Gasteiger partial charge in [-0.15, -0.1) is 0 Å². The molecule has 0 aromatic heterocycles. The lowest BCUT2D eigenvalue weighted by Gasteiger charge is -2.18. The molecule has 3 rings (SSSR count). The number of hydrogen-bond acceptors (Lipinski definition) is 2. The molecule has 2 aliphatic carbocycles. The van der Waals surface area contributed by atoms with Crippen molar-refractivity contribution in [2.75, 3.05) is 13.2 Å². The zero-order valence-corrected chi connectivity index (χ0v) is 14.2. The van der Waals surface area contributed by atoms with Gasteiger partial charge in [-0.05, 0) is 42.9 Å². The lowest BCUT2D eigenvalue weighted by molar-refractivity contribution is 0.212. The van der Waals surface area contributed by atoms with E-state index in [1.54, 1.807) is 12.1 Å². The minimum Gasteiger partial charge on any atom is -0.396 e. The average Bonchev–Trinajstić information content (AvgIpc) is 3.35. The van der Waals surface area contributed by atoms with E-state index in [9.17, 15) is 9.50 Å². The van der Waals surface area contributed by atoms with Crippen molar-refractivity contribution in [1.29, 1.82) is 0 Å². The first-order valence-corrected chi connectivity index (χ1v) is 9.06. The van der Waals surface area contributed by atoms with E-state index >= 15 is 0 Å². The molecule has 24 heavy (non-hydrogen) atoms. The van der Waals surface area contributed by atoms with E-state index < -0.39 is 0 Å². The molecule has 132 valence electrons. The van der Waals surface area contributed by atoms with Crippen LogP contribution in [0.25, 0.3) is 0 Å². The number of rotatable bonds is 5. The quantitative estimate of drug-likeness (QED) is 0.441. The van der Waals surface area contributed by atoms with Crippen molar-refractivity contribution in [2.24, 2.45) is 16.1 Å². The molecule has 0 spiro atoms. The smallest absolute Gasteiger partial charge is 0.188 e. The number of benzene rings is 1. The molecule has 0 radical (unpaired) electrons. The summed E-state index contributed by atoms with van der Waals surface area (Å²) in [6.45, 7) is 0.590. The van der Waals surface area contributed by atoms with Crippen LogP contribution in [0.2, 0.25) is 0 Å².